The van der Waals surface area contributed by atoms with E-state index in [1.165, 1.54) is 0 Å². The predicted octanol–water partition coefficient (Wildman–Crippen LogP) is 2.47. The summed E-state index contributed by atoms with van der Waals surface area (Å²) in [6.07, 6.45) is 6.35. The van der Waals surface area contributed by atoms with Gasteiger partial charge in [-0.15, -0.1) is 0 Å². The maximum atomic E-state index is 11.8. The van der Waals surface area contributed by atoms with E-state index in [9.17, 15) is 18.3 Å². The number of anilines is 1. The van der Waals surface area contributed by atoms with E-state index < -0.39 is 16.1 Å². The third-order valence-corrected chi connectivity index (χ3v) is 4.88. The van der Waals surface area contributed by atoms with Crippen LogP contribution in [-0.4, -0.2) is 36.3 Å². The minimum atomic E-state index is -4.02. The lowest BCUT2D eigenvalue weighted by Crippen LogP contribution is -2.32. The van der Waals surface area contributed by atoms with Gasteiger partial charge >= 0.3 is 5.97 Å². The molecule has 0 unspecified atom stereocenters. The normalized spacial score (nSPS) is 16.5. The maximum absolute atomic E-state index is 11.8. The number of hydrogen-bond acceptors (Lipinski definition) is 4. The van der Waals surface area contributed by atoms with Crippen LogP contribution in [0.1, 0.15) is 18.4 Å². The fraction of sp³-hybridized carbons (Fsp3) is 0.235. The van der Waals surface area contributed by atoms with Crippen molar-refractivity contribution in [3.8, 4) is 0 Å². The number of carbonyl (C=O) groups is 1. The van der Waals surface area contributed by atoms with Gasteiger partial charge in [0, 0.05) is 23.5 Å². The molecule has 3 rings (SSSR count). The number of fused-ring (bicyclic) bond motifs is 2. The summed E-state index contributed by atoms with van der Waals surface area (Å²) in [6.45, 7) is 0.368. The zero-order chi connectivity index (χ0) is 17.3. The van der Waals surface area contributed by atoms with Crippen molar-refractivity contribution < 1.29 is 22.9 Å². The first-order valence-electron chi connectivity index (χ1n) is 7.54. The molecule has 1 aromatic carbocycles. The predicted molar refractivity (Wildman–Crippen MR) is 91.2 cm³/mol. The molecule has 1 aliphatic carbocycles. The molecule has 0 spiro atoms. The van der Waals surface area contributed by atoms with Crippen LogP contribution in [-0.2, 0) is 14.9 Å². The molecule has 0 atom stereocenters. The molecule has 0 radical (unpaired) electrons. The van der Waals surface area contributed by atoms with Gasteiger partial charge in [-0.25, -0.2) is 4.79 Å². The van der Waals surface area contributed by atoms with Gasteiger partial charge < -0.3 is 10.0 Å². The molecule has 24 heavy (non-hydrogen) atoms. The summed E-state index contributed by atoms with van der Waals surface area (Å²) in [7, 11) is -4.02. The standard InChI is InChI=1S/C17H17NO5S/c19-17(20)16-12-6-1-3-8-14(12)18(10-5-11-24(21,22)23)15-9-4-2-7-13(15)16/h1-4,6,8-9H,5,7,10-11H2,(H,19,20)(H,21,22,23). The third-order valence-electron chi connectivity index (χ3n) is 4.08. The zero-order valence-electron chi connectivity index (χ0n) is 12.8. The van der Waals surface area contributed by atoms with Gasteiger partial charge in [-0.05, 0) is 30.6 Å². The summed E-state index contributed by atoms with van der Waals surface area (Å²) in [5.74, 6) is -1.31. The van der Waals surface area contributed by atoms with Crippen LogP contribution in [0.3, 0.4) is 0 Å². The van der Waals surface area contributed by atoms with E-state index in [0.717, 1.165) is 17.0 Å². The Bertz CT molecular complexity index is 880. The Morgan fingerprint density at radius 3 is 2.71 bits per heavy atom. The lowest BCUT2D eigenvalue weighted by atomic mass is 9.87. The quantitative estimate of drug-likeness (QED) is 0.795. The van der Waals surface area contributed by atoms with Crippen LogP contribution >= 0.6 is 0 Å². The first-order valence-corrected chi connectivity index (χ1v) is 9.15. The van der Waals surface area contributed by atoms with Gasteiger partial charge in [0.2, 0.25) is 0 Å². The Morgan fingerprint density at radius 1 is 1.25 bits per heavy atom. The summed E-state index contributed by atoms with van der Waals surface area (Å²) in [6, 6.07) is 7.18. The number of aliphatic carboxylic acids is 1. The minimum Gasteiger partial charge on any atom is -0.478 e. The molecule has 126 valence electrons. The van der Waals surface area contributed by atoms with Crippen molar-refractivity contribution in [3.63, 3.8) is 0 Å². The fourth-order valence-corrected chi connectivity index (χ4v) is 3.63. The summed E-state index contributed by atoms with van der Waals surface area (Å²) >= 11 is 0. The molecular weight excluding hydrogens is 330 g/mol. The Balaban J connectivity index is 2.05. The molecular formula is C17H17NO5S. The first-order chi connectivity index (χ1) is 11.4. The Morgan fingerprint density at radius 2 is 2.00 bits per heavy atom. The lowest BCUT2D eigenvalue weighted by molar-refractivity contribution is -0.130. The van der Waals surface area contributed by atoms with Crippen LogP contribution in [0.4, 0.5) is 5.69 Å². The van der Waals surface area contributed by atoms with E-state index in [-0.39, 0.29) is 17.7 Å². The smallest absolute Gasteiger partial charge is 0.336 e. The number of benzene rings is 1. The van der Waals surface area contributed by atoms with Crippen LogP contribution in [0.25, 0.3) is 5.57 Å². The molecule has 1 aliphatic heterocycles. The molecule has 0 saturated carbocycles. The number of hydrogen-bond donors (Lipinski definition) is 2. The number of rotatable bonds is 5. The van der Waals surface area contributed by atoms with Gasteiger partial charge in [-0.3, -0.25) is 4.55 Å². The van der Waals surface area contributed by atoms with E-state index in [2.05, 4.69) is 0 Å². The maximum Gasteiger partial charge on any atom is 0.336 e. The molecule has 1 heterocycles. The molecule has 0 fully saturated rings. The average Bonchev–Trinajstić information content (AvgIpc) is 2.52. The van der Waals surface area contributed by atoms with Crippen molar-refractivity contribution in [1.29, 1.82) is 0 Å². The molecule has 6 nitrogen and oxygen atoms in total. The van der Waals surface area contributed by atoms with Crippen LogP contribution in [0.2, 0.25) is 0 Å². The van der Waals surface area contributed by atoms with E-state index in [0.29, 0.717) is 18.5 Å². The van der Waals surface area contributed by atoms with Crippen LogP contribution in [0, 0.1) is 0 Å². The van der Waals surface area contributed by atoms with Crippen LogP contribution in [0.15, 0.2) is 53.8 Å². The molecule has 0 aromatic heterocycles. The summed E-state index contributed by atoms with van der Waals surface area (Å²) in [5, 5.41) is 9.65. The first kappa shape index (κ1) is 16.5. The van der Waals surface area contributed by atoms with Crippen molar-refractivity contribution in [1.82, 2.24) is 0 Å². The summed E-state index contributed by atoms with van der Waals surface area (Å²) < 4.78 is 30.9. The van der Waals surface area contributed by atoms with E-state index in [1.807, 2.05) is 35.3 Å². The van der Waals surface area contributed by atoms with E-state index >= 15 is 0 Å². The molecule has 0 saturated heterocycles. The lowest BCUT2D eigenvalue weighted by Gasteiger charge is -2.36. The highest BCUT2D eigenvalue weighted by Crippen LogP contribution is 2.42. The van der Waals surface area contributed by atoms with Crippen molar-refractivity contribution in [2.24, 2.45) is 0 Å². The third kappa shape index (κ3) is 3.13. The van der Waals surface area contributed by atoms with Crippen molar-refractivity contribution in [2.75, 3.05) is 17.2 Å². The van der Waals surface area contributed by atoms with E-state index in [4.69, 9.17) is 4.55 Å². The van der Waals surface area contributed by atoms with Gasteiger partial charge in [-0.2, -0.15) is 8.42 Å². The number of carboxylic acids is 1. The Labute approximate surface area is 140 Å². The summed E-state index contributed by atoms with van der Waals surface area (Å²) in [5.41, 5.74) is 3.13. The van der Waals surface area contributed by atoms with Crippen molar-refractivity contribution in [2.45, 2.75) is 12.8 Å². The second kappa shape index (κ2) is 6.26. The highest BCUT2D eigenvalue weighted by Gasteiger charge is 2.31. The number of para-hydroxylation sites is 1. The number of carboxylic acid groups (broad SMARTS) is 1. The second-order valence-corrected chi connectivity index (χ2v) is 7.22. The fourth-order valence-electron chi connectivity index (χ4n) is 3.14. The molecule has 0 bridgehead atoms. The van der Waals surface area contributed by atoms with Gasteiger partial charge in [0.25, 0.3) is 10.1 Å². The largest absolute Gasteiger partial charge is 0.478 e. The molecule has 1 aromatic rings. The second-order valence-electron chi connectivity index (χ2n) is 5.65. The topological polar surface area (TPSA) is 94.9 Å². The van der Waals surface area contributed by atoms with Gasteiger partial charge in [0.05, 0.1) is 11.3 Å². The number of nitrogens with zero attached hydrogens (tertiary/aromatic N) is 1. The van der Waals surface area contributed by atoms with Crippen LogP contribution < -0.4 is 4.90 Å². The summed E-state index contributed by atoms with van der Waals surface area (Å²) in [4.78, 5) is 13.7. The Kier molecular flexibility index (Phi) is 4.29. The van der Waals surface area contributed by atoms with Gasteiger partial charge in [0.15, 0.2) is 0 Å². The SMILES string of the molecule is O=C(O)C1=C2CC=CC=C2N(CCCS(=O)(=O)O)c2ccccc21. The minimum absolute atomic E-state index is 0.240. The molecule has 2 N–H and O–H groups in total. The highest BCUT2D eigenvalue weighted by atomic mass is 32.2. The van der Waals surface area contributed by atoms with Crippen molar-refractivity contribution >= 4 is 27.3 Å². The average molecular weight is 347 g/mol. The highest BCUT2D eigenvalue weighted by molar-refractivity contribution is 7.85. The van der Waals surface area contributed by atoms with Crippen molar-refractivity contribution in [3.05, 3.63) is 59.3 Å². The number of allylic oxidation sites excluding steroid dienone is 4. The van der Waals surface area contributed by atoms with E-state index in [1.54, 1.807) is 12.1 Å². The van der Waals surface area contributed by atoms with Gasteiger partial charge in [-0.1, -0.05) is 30.4 Å². The zero-order valence-corrected chi connectivity index (χ0v) is 13.7. The monoisotopic (exact) mass is 347 g/mol. The Hall–Kier alpha value is -2.38. The molecule has 0 amide bonds. The van der Waals surface area contributed by atoms with Gasteiger partial charge in [0.1, 0.15) is 0 Å². The van der Waals surface area contributed by atoms with Crippen LogP contribution in [0.5, 0.6) is 0 Å². The molecule has 7 heteroatoms. The molecule has 2 aliphatic rings.